The molecule has 0 rings (SSSR count). The molecule has 162 valence electrons. The van der Waals surface area contributed by atoms with E-state index in [1.54, 1.807) is 0 Å². The van der Waals surface area contributed by atoms with Gasteiger partial charge in [-0.05, 0) is 49.4 Å². The maximum Gasteiger partial charge on any atom is 0.0278 e. The van der Waals surface area contributed by atoms with Crippen molar-refractivity contribution in [2.45, 2.75) is 125 Å². The van der Waals surface area contributed by atoms with E-state index in [9.17, 15) is 0 Å². The van der Waals surface area contributed by atoms with E-state index in [0.29, 0.717) is 18.0 Å². The summed E-state index contributed by atoms with van der Waals surface area (Å²) in [4.78, 5) is 0. The lowest BCUT2D eigenvalue weighted by Gasteiger charge is -2.41. The first-order chi connectivity index (χ1) is 12.9. The first-order valence-corrected chi connectivity index (χ1v) is 12.3. The molecule has 0 bridgehead atoms. The van der Waals surface area contributed by atoms with E-state index < -0.39 is 0 Å². The van der Waals surface area contributed by atoms with E-state index in [-0.39, 0.29) is 0 Å². The maximum atomic E-state index is 4.22. The van der Waals surface area contributed by atoms with Crippen LogP contribution in [0.3, 0.4) is 0 Å². The third-order valence-electron chi connectivity index (χ3n) is 7.16. The Morgan fingerprint density at radius 1 is 0.852 bits per heavy atom. The molecule has 1 nitrogen and oxygen atoms in total. The Bertz CT molecular complexity index is 346. The molecule has 0 aromatic carbocycles. The van der Waals surface area contributed by atoms with Crippen molar-refractivity contribution in [3.05, 3.63) is 12.7 Å². The molecule has 0 radical (unpaired) electrons. The molecule has 0 fully saturated rings. The van der Waals surface area contributed by atoms with E-state index in [2.05, 4.69) is 73.4 Å². The summed E-state index contributed by atoms with van der Waals surface area (Å²) >= 11 is 0. The van der Waals surface area contributed by atoms with E-state index in [1.165, 1.54) is 57.8 Å². The molecule has 0 aromatic rings. The molecular formula is C26H53N. The molecule has 0 saturated heterocycles. The standard InChI is InChI=1S/C26H53N/c1-10-16-18-21(8)27-25(15-6)22(9)26(20(7)17-11-2)24(14-5)19-23(12-3)13-4/h15,20-27H,6,10-14,16-19H2,1-5,7-9H3. The Balaban J connectivity index is 5.39. The molecule has 0 saturated carbocycles. The van der Waals surface area contributed by atoms with Crippen LogP contribution in [0.1, 0.15) is 113 Å². The normalized spacial score (nSPS) is 18.7. The summed E-state index contributed by atoms with van der Waals surface area (Å²) in [6.45, 7) is 23.4. The summed E-state index contributed by atoms with van der Waals surface area (Å²) in [7, 11) is 0. The van der Waals surface area contributed by atoms with Crippen molar-refractivity contribution >= 4 is 0 Å². The molecule has 0 aromatic heterocycles. The molecule has 6 unspecified atom stereocenters. The van der Waals surface area contributed by atoms with E-state index in [1.807, 2.05) is 0 Å². The third kappa shape index (κ3) is 9.64. The minimum absolute atomic E-state index is 0.428. The highest BCUT2D eigenvalue weighted by atomic mass is 14.9. The molecular weight excluding hydrogens is 326 g/mol. The molecule has 0 heterocycles. The third-order valence-corrected chi connectivity index (χ3v) is 7.16. The van der Waals surface area contributed by atoms with Crippen LogP contribution >= 0.6 is 0 Å². The van der Waals surface area contributed by atoms with Crippen LogP contribution in [0, 0.1) is 29.6 Å². The SMILES string of the molecule is C=CC(NC(C)CCCC)C(C)C(C(C)CCC)C(CC)CC(CC)CC. The first-order valence-electron chi connectivity index (χ1n) is 12.3. The Kier molecular flexibility index (Phi) is 15.4. The van der Waals surface area contributed by atoms with Gasteiger partial charge in [0, 0.05) is 12.1 Å². The van der Waals surface area contributed by atoms with Crippen LogP contribution in [0.2, 0.25) is 0 Å². The molecule has 6 atom stereocenters. The lowest BCUT2D eigenvalue weighted by atomic mass is 9.67. The largest absolute Gasteiger partial charge is 0.308 e. The average Bonchev–Trinajstić information content (AvgIpc) is 2.67. The summed E-state index contributed by atoms with van der Waals surface area (Å²) in [6.07, 6.45) is 14.1. The fourth-order valence-corrected chi connectivity index (χ4v) is 5.30. The van der Waals surface area contributed by atoms with Crippen molar-refractivity contribution in [3.63, 3.8) is 0 Å². The number of nitrogens with one attached hydrogen (secondary N) is 1. The average molecular weight is 380 g/mol. The summed E-state index contributed by atoms with van der Waals surface area (Å²) < 4.78 is 0. The highest BCUT2D eigenvalue weighted by molar-refractivity contribution is 4.96. The van der Waals surface area contributed by atoms with Gasteiger partial charge in [0.25, 0.3) is 0 Å². The van der Waals surface area contributed by atoms with Gasteiger partial charge in [0.15, 0.2) is 0 Å². The van der Waals surface area contributed by atoms with Gasteiger partial charge < -0.3 is 5.32 Å². The molecule has 27 heavy (non-hydrogen) atoms. The van der Waals surface area contributed by atoms with Gasteiger partial charge in [0.05, 0.1) is 0 Å². The van der Waals surface area contributed by atoms with E-state index in [0.717, 1.165) is 23.7 Å². The minimum Gasteiger partial charge on any atom is -0.308 e. The van der Waals surface area contributed by atoms with Crippen molar-refractivity contribution in [3.8, 4) is 0 Å². The Labute approximate surface area is 173 Å². The predicted molar refractivity (Wildman–Crippen MR) is 125 cm³/mol. The topological polar surface area (TPSA) is 12.0 Å². The van der Waals surface area contributed by atoms with Crippen LogP contribution in [0.5, 0.6) is 0 Å². The fraction of sp³-hybridized carbons (Fsp3) is 0.923. The van der Waals surface area contributed by atoms with Crippen LogP contribution < -0.4 is 5.32 Å². The zero-order chi connectivity index (χ0) is 20.8. The molecule has 0 aliphatic heterocycles. The predicted octanol–water partition coefficient (Wildman–Crippen LogP) is 8.25. The maximum absolute atomic E-state index is 4.22. The molecule has 1 heteroatoms. The van der Waals surface area contributed by atoms with Gasteiger partial charge in [-0.25, -0.2) is 0 Å². The Morgan fingerprint density at radius 3 is 1.93 bits per heavy atom. The van der Waals surface area contributed by atoms with Crippen molar-refractivity contribution in [1.82, 2.24) is 5.32 Å². The molecule has 0 amide bonds. The summed E-state index contributed by atoms with van der Waals surface area (Å²) in [6, 6.07) is 1.01. The van der Waals surface area contributed by atoms with Crippen molar-refractivity contribution in [2.24, 2.45) is 29.6 Å². The second kappa shape index (κ2) is 15.6. The number of unbranched alkanes of at least 4 members (excludes halogenated alkanes) is 1. The van der Waals surface area contributed by atoms with Crippen LogP contribution in [0.15, 0.2) is 12.7 Å². The Hall–Kier alpha value is -0.300. The van der Waals surface area contributed by atoms with Gasteiger partial charge in [-0.15, -0.1) is 6.58 Å². The summed E-state index contributed by atoms with van der Waals surface area (Å²) in [5.41, 5.74) is 0. The quantitative estimate of drug-likeness (QED) is 0.251. The highest BCUT2D eigenvalue weighted by Crippen LogP contribution is 2.39. The fourth-order valence-electron chi connectivity index (χ4n) is 5.30. The van der Waals surface area contributed by atoms with Gasteiger partial charge in [-0.3, -0.25) is 0 Å². The minimum atomic E-state index is 0.428. The van der Waals surface area contributed by atoms with Gasteiger partial charge in [0.2, 0.25) is 0 Å². The van der Waals surface area contributed by atoms with Gasteiger partial charge in [-0.1, -0.05) is 99.5 Å². The Morgan fingerprint density at radius 2 is 1.48 bits per heavy atom. The van der Waals surface area contributed by atoms with Gasteiger partial charge >= 0.3 is 0 Å². The van der Waals surface area contributed by atoms with Crippen LogP contribution in [-0.4, -0.2) is 12.1 Å². The summed E-state index contributed by atoms with van der Waals surface area (Å²) in [5.74, 6) is 3.94. The monoisotopic (exact) mass is 379 g/mol. The van der Waals surface area contributed by atoms with Crippen LogP contribution in [0.25, 0.3) is 0 Å². The lowest BCUT2D eigenvalue weighted by molar-refractivity contribution is 0.109. The van der Waals surface area contributed by atoms with Crippen molar-refractivity contribution in [2.75, 3.05) is 0 Å². The van der Waals surface area contributed by atoms with E-state index in [4.69, 9.17) is 0 Å². The van der Waals surface area contributed by atoms with Gasteiger partial charge in [0.1, 0.15) is 0 Å². The number of rotatable bonds is 17. The first kappa shape index (κ1) is 26.7. The second-order valence-electron chi connectivity index (χ2n) is 9.26. The van der Waals surface area contributed by atoms with Crippen molar-refractivity contribution in [1.29, 1.82) is 0 Å². The highest BCUT2D eigenvalue weighted by Gasteiger charge is 2.34. The van der Waals surface area contributed by atoms with Crippen LogP contribution in [-0.2, 0) is 0 Å². The zero-order valence-electron chi connectivity index (χ0n) is 20.2. The lowest BCUT2D eigenvalue weighted by Crippen LogP contribution is -2.45. The molecule has 0 aliphatic carbocycles. The number of hydrogen-bond acceptors (Lipinski definition) is 1. The number of hydrogen-bond donors (Lipinski definition) is 1. The molecule has 1 N–H and O–H groups in total. The van der Waals surface area contributed by atoms with Crippen molar-refractivity contribution < 1.29 is 0 Å². The van der Waals surface area contributed by atoms with Crippen LogP contribution in [0.4, 0.5) is 0 Å². The molecule has 0 aliphatic rings. The second-order valence-corrected chi connectivity index (χ2v) is 9.26. The summed E-state index contributed by atoms with van der Waals surface area (Å²) in [5, 5.41) is 3.92. The molecule has 0 spiro atoms. The smallest absolute Gasteiger partial charge is 0.0278 e. The van der Waals surface area contributed by atoms with Gasteiger partial charge in [-0.2, -0.15) is 0 Å². The zero-order valence-corrected chi connectivity index (χ0v) is 20.2. The van der Waals surface area contributed by atoms with E-state index >= 15 is 0 Å².